The van der Waals surface area contributed by atoms with Crippen molar-refractivity contribution >= 4 is 40.0 Å². The van der Waals surface area contributed by atoms with E-state index in [1.807, 2.05) is 30.3 Å². The van der Waals surface area contributed by atoms with E-state index < -0.39 is 6.61 Å². The summed E-state index contributed by atoms with van der Waals surface area (Å²) in [5.74, 6) is -0.329. The summed E-state index contributed by atoms with van der Waals surface area (Å²) in [4.78, 5) is 12.3. The van der Waals surface area contributed by atoms with Gasteiger partial charge in [0.05, 0.1) is 12.1 Å². The molecule has 0 aliphatic rings. The lowest BCUT2D eigenvalue weighted by molar-refractivity contribution is -0.0512. The molecule has 0 unspecified atom stereocenters. The molecule has 3 rings (SSSR count). The number of hydrogen-bond donors (Lipinski definition) is 1. The van der Waals surface area contributed by atoms with Crippen molar-refractivity contribution in [3.05, 3.63) is 69.7 Å². The minimum absolute atomic E-state index is 0.121. The zero-order chi connectivity index (χ0) is 21.5. The molecular formula is C20H16ClF2N3O3S. The van der Waals surface area contributed by atoms with Crippen LogP contribution in [0.25, 0.3) is 11.1 Å². The second-order valence-corrected chi connectivity index (χ2v) is 7.25. The summed E-state index contributed by atoms with van der Waals surface area (Å²) in [6.45, 7) is -2.63. The van der Waals surface area contributed by atoms with Gasteiger partial charge in [0.15, 0.2) is 16.5 Å². The summed E-state index contributed by atoms with van der Waals surface area (Å²) in [5.41, 5.74) is 1.44. The molecule has 0 fully saturated rings. The Morgan fingerprint density at radius 2 is 1.90 bits per heavy atom. The zero-order valence-electron chi connectivity index (χ0n) is 15.6. The third-order valence-corrected chi connectivity index (χ3v) is 5.17. The maximum atomic E-state index is 12.6. The predicted molar refractivity (Wildman–Crippen MR) is 111 cm³/mol. The van der Waals surface area contributed by atoms with E-state index in [-0.39, 0.29) is 27.4 Å². The third-order valence-electron chi connectivity index (χ3n) is 3.82. The van der Waals surface area contributed by atoms with Crippen LogP contribution in [0, 0.1) is 0 Å². The molecule has 0 bridgehead atoms. The van der Waals surface area contributed by atoms with Crippen LogP contribution >= 0.6 is 22.9 Å². The van der Waals surface area contributed by atoms with Crippen LogP contribution in [0.4, 0.5) is 8.78 Å². The molecule has 0 aliphatic carbocycles. The molecule has 3 aromatic rings. The number of nitrogens with zero attached hydrogens (tertiary/aromatic N) is 2. The first kappa shape index (κ1) is 21.7. The number of methoxy groups -OCH3 is 1. The van der Waals surface area contributed by atoms with Gasteiger partial charge in [0.1, 0.15) is 0 Å². The van der Waals surface area contributed by atoms with E-state index in [1.54, 1.807) is 6.07 Å². The molecule has 0 spiro atoms. The molecule has 0 radical (unpaired) electrons. The second kappa shape index (κ2) is 10.1. The summed E-state index contributed by atoms with van der Waals surface area (Å²) in [6.07, 6.45) is 1.51. The first-order valence-electron chi connectivity index (χ1n) is 8.62. The van der Waals surface area contributed by atoms with Gasteiger partial charge in [-0.2, -0.15) is 8.78 Å². The third kappa shape index (κ3) is 5.74. The fraction of sp³-hybridized carbons (Fsp3) is 0.150. The van der Waals surface area contributed by atoms with Gasteiger partial charge in [-0.1, -0.05) is 59.3 Å². The highest BCUT2D eigenvalue weighted by Gasteiger charge is 2.15. The van der Waals surface area contributed by atoms with E-state index in [9.17, 15) is 13.6 Å². The van der Waals surface area contributed by atoms with E-state index in [1.165, 1.54) is 25.3 Å². The summed E-state index contributed by atoms with van der Waals surface area (Å²) in [6, 6.07) is 13.9. The number of benzene rings is 2. The smallest absolute Gasteiger partial charge is 0.387 e. The van der Waals surface area contributed by atoms with E-state index in [0.717, 1.165) is 16.9 Å². The monoisotopic (exact) mass is 451 g/mol. The van der Waals surface area contributed by atoms with Crippen LogP contribution in [0.2, 0.25) is 0 Å². The molecule has 0 aliphatic heterocycles. The maximum Gasteiger partial charge on any atom is 0.387 e. The van der Waals surface area contributed by atoms with Gasteiger partial charge in [-0.3, -0.25) is 4.79 Å². The molecule has 6 nitrogen and oxygen atoms in total. The zero-order valence-corrected chi connectivity index (χ0v) is 17.2. The van der Waals surface area contributed by atoms with Crippen molar-refractivity contribution in [3.63, 3.8) is 0 Å². The number of carbonyl (C=O) groups excluding carboxylic acids is 1. The predicted octanol–water partition coefficient (Wildman–Crippen LogP) is 4.82. The Bertz CT molecular complexity index is 1040. The lowest BCUT2D eigenvalue weighted by Crippen LogP contribution is -2.22. The average Bonchev–Trinajstić information content (AvgIpc) is 3.23. The first-order chi connectivity index (χ1) is 14.5. The Morgan fingerprint density at radius 3 is 2.60 bits per heavy atom. The minimum Gasteiger partial charge on any atom is -0.493 e. The Balaban J connectivity index is 1.71. The SMILES string of the molecule is COc1ccc(/C=C(\Cl)c2nnc(C(=O)NCc3ccccc3)s2)cc1OC(F)F. The van der Waals surface area contributed by atoms with Gasteiger partial charge in [-0.05, 0) is 29.3 Å². The molecular weight excluding hydrogens is 436 g/mol. The minimum atomic E-state index is -2.99. The molecule has 0 saturated carbocycles. The molecule has 1 N–H and O–H groups in total. The van der Waals surface area contributed by atoms with Crippen molar-refractivity contribution in [2.75, 3.05) is 7.11 Å². The van der Waals surface area contributed by atoms with Gasteiger partial charge in [0.2, 0.25) is 5.01 Å². The Kier molecular flexibility index (Phi) is 7.31. The van der Waals surface area contributed by atoms with Crippen LogP contribution in [0.3, 0.4) is 0 Å². The van der Waals surface area contributed by atoms with Crippen LogP contribution < -0.4 is 14.8 Å². The number of halogens is 3. The molecule has 1 aromatic heterocycles. The lowest BCUT2D eigenvalue weighted by Gasteiger charge is -2.10. The Hall–Kier alpha value is -3.04. The van der Waals surface area contributed by atoms with Gasteiger partial charge in [0, 0.05) is 6.54 Å². The molecule has 1 heterocycles. The van der Waals surface area contributed by atoms with Gasteiger partial charge in [-0.25, -0.2) is 0 Å². The fourth-order valence-electron chi connectivity index (χ4n) is 2.44. The van der Waals surface area contributed by atoms with Crippen molar-refractivity contribution < 1.29 is 23.0 Å². The van der Waals surface area contributed by atoms with Gasteiger partial charge in [0.25, 0.3) is 5.91 Å². The number of ether oxygens (including phenoxy) is 2. The van der Waals surface area contributed by atoms with Crippen LogP contribution in [0.5, 0.6) is 11.5 Å². The molecule has 30 heavy (non-hydrogen) atoms. The molecule has 156 valence electrons. The summed E-state index contributed by atoms with van der Waals surface area (Å²) < 4.78 is 34.6. The lowest BCUT2D eigenvalue weighted by atomic mass is 10.2. The standard InChI is InChI=1S/C20H16ClF2N3O3S/c1-28-15-8-7-13(10-16(15)29-20(22)23)9-14(21)18-25-26-19(30-18)17(27)24-11-12-5-3-2-4-6-12/h2-10,20H,11H2,1H3,(H,24,27)/b14-9-. The molecule has 2 aromatic carbocycles. The number of aromatic nitrogens is 2. The first-order valence-corrected chi connectivity index (χ1v) is 9.81. The Labute approximate surface area is 180 Å². The molecule has 1 amide bonds. The topological polar surface area (TPSA) is 73.3 Å². The van der Waals surface area contributed by atoms with Crippen molar-refractivity contribution in [2.45, 2.75) is 13.2 Å². The van der Waals surface area contributed by atoms with Crippen LogP contribution in [-0.2, 0) is 6.54 Å². The quantitative estimate of drug-likeness (QED) is 0.531. The van der Waals surface area contributed by atoms with Crippen LogP contribution in [0.1, 0.15) is 25.9 Å². The van der Waals surface area contributed by atoms with Gasteiger partial charge < -0.3 is 14.8 Å². The highest BCUT2D eigenvalue weighted by molar-refractivity contribution is 7.15. The van der Waals surface area contributed by atoms with E-state index in [2.05, 4.69) is 20.3 Å². The van der Waals surface area contributed by atoms with E-state index in [4.69, 9.17) is 16.3 Å². The van der Waals surface area contributed by atoms with Crippen molar-refractivity contribution in [2.24, 2.45) is 0 Å². The highest BCUT2D eigenvalue weighted by atomic mass is 35.5. The van der Waals surface area contributed by atoms with Crippen molar-refractivity contribution in [3.8, 4) is 11.5 Å². The number of carbonyl (C=O) groups is 1. The summed E-state index contributed by atoms with van der Waals surface area (Å²) in [5, 5.41) is 11.2. The fourth-order valence-corrected chi connectivity index (χ4v) is 3.39. The molecule has 10 heteroatoms. The van der Waals surface area contributed by atoms with Gasteiger partial charge >= 0.3 is 6.61 Å². The average molecular weight is 452 g/mol. The molecule has 0 atom stereocenters. The van der Waals surface area contributed by atoms with Crippen molar-refractivity contribution in [1.82, 2.24) is 15.5 Å². The Morgan fingerprint density at radius 1 is 1.17 bits per heavy atom. The second-order valence-electron chi connectivity index (χ2n) is 5.86. The van der Waals surface area contributed by atoms with E-state index >= 15 is 0 Å². The van der Waals surface area contributed by atoms with Crippen LogP contribution in [0.15, 0.2) is 48.5 Å². The number of nitrogens with one attached hydrogen (secondary N) is 1. The highest BCUT2D eigenvalue weighted by Crippen LogP contribution is 2.32. The van der Waals surface area contributed by atoms with Crippen molar-refractivity contribution in [1.29, 1.82) is 0 Å². The maximum absolute atomic E-state index is 12.6. The summed E-state index contributed by atoms with van der Waals surface area (Å²) in [7, 11) is 1.35. The van der Waals surface area contributed by atoms with E-state index in [0.29, 0.717) is 17.1 Å². The number of hydrogen-bond acceptors (Lipinski definition) is 6. The van der Waals surface area contributed by atoms with Gasteiger partial charge in [-0.15, -0.1) is 10.2 Å². The normalized spacial score (nSPS) is 11.4. The molecule has 0 saturated heterocycles. The summed E-state index contributed by atoms with van der Waals surface area (Å²) >= 11 is 7.30. The van der Waals surface area contributed by atoms with Crippen LogP contribution in [-0.4, -0.2) is 29.8 Å². The number of rotatable bonds is 8. The number of amides is 1. The largest absolute Gasteiger partial charge is 0.493 e. The number of alkyl halides is 2.